The third-order valence-electron chi connectivity index (χ3n) is 2.59. The van der Waals surface area contributed by atoms with E-state index < -0.39 is 0 Å². The van der Waals surface area contributed by atoms with Crippen LogP contribution in [0.1, 0.15) is 30.1 Å². The lowest BCUT2D eigenvalue weighted by molar-refractivity contribution is 0.0935. The standard InChI is InChI=1S/C11H11BrClNO/c1-11(4-5-11)14-10(15)8-3-2-7(12)6-9(8)13/h2-3,6H,4-5H2,1H3,(H,14,15). The van der Waals surface area contributed by atoms with Gasteiger partial charge in [0.2, 0.25) is 0 Å². The minimum absolute atomic E-state index is 0.00646. The van der Waals surface area contributed by atoms with Crippen molar-refractivity contribution in [2.24, 2.45) is 0 Å². The predicted molar refractivity (Wildman–Crippen MR) is 64.3 cm³/mol. The normalized spacial score (nSPS) is 17.3. The fraction of sp³-hybridized carbons (Fsp3) is 0.364. The van der Waals surface area contributed by atoms with Crippen LogP contribution in [0.4, 0.5) is 0 Å². The van der Waals surface area contributed by atoms with E-state index in [0.29, 0.717) is 10.6 Å². The lowest BCUT2D eigenvalue weighted by Gasteiger charge is -2.12. The van der Waals surface area contributed by atoms with Gasteiger partial charge in [0.1, 0.15) is 0 Å². The van der Waals surface area contributed by atoms with Gasteiger partial charge in [-0.15, -0.1) is 0 Å². The number of benzene rings is 1. The molecule has 2 nitrogen and oxygen atoms in total. The average Bonchev–Trinajstić information content (AvgIpc) is 2.82. The Morgan fingerprint density at radius 3 is 2.73 bits per heavy atom. The second kappa shape index (κ2) is 3.80. The molecule has 80 valence electrons. The van der Waals surface area contributed by atoms with Gasteiger partial charge in [-0.1, -0.05) is 27.5 Å². The molecule has 4 heteroatoms. The van der Waals surface area contributed by atoms with Crippen molar-refractivity contribution < 1.29 is 4.79 Å². The fourth-order valence-corrected chi connectivity index (χ4v) is 2.09. The first-order valence-electron chi connectivity index (χ1n) is 4.78. The van der Waals surface area contributed by atoms with Crippen LogP contribution in [0.25, 0.3) is 0 Å². The lowest BCUT2D eigenvalue weighted by atomic mass is 10.2. The Hall–Kier alpha value is -0.540. The molecule has 15 heavy (non-hydrogen) atoms. The van der Waals surface area contributed by atoms with Crippen molar-refractivity contribution >= 4 is 33.4 Å². The molecule has 0 spiro atoms. The number of rotatable bonds is 2. The summed E-state index contributed by atoms with van der Waals surface area (Å²) in [7, 11) is 0. The van der Waals surface area contributed by atoms with Gasteiger partial charge in [0, 0.05) is 10.0 Å². The summed E-state index contributed by atoms with van der Waals surface area (Å²) in [5.74, 6) is -0.0903. The smallest absolute Gasteiger partial charge is 0.253 e. The number of carbonyl (C=O) groups is 1. The molecule has 0 saturated heterocycles. The molecule has 0 aromatic heterocycles. The third kappa shape index (κ3) is 2.52. The van der Waals surface area contributed by atoms with Crippen LogP contribution in [0.5, 0.6) is 0 Å². The van der Waals surface area contributed by atoms with Gasteiger partial charge < -0.3 is 5.32 Å². The van der Waals surface area contributed by atoms with Gasteiger partial charge >= 0.3 is 0 Å². The second-order valence-electron chi connectivity index (χ2n) is 4.14. The van der Waals surface area contributed by atoms with Crippen molar-refractivity contribution in [2.75, 3.05) is 0 Å². The first kappa shape index (κ1) is 11.0. The Morgan fingerprint density at radius 2 is 2.20 bits per heavy atom. The van der Waals surface area contributed by atoms with Gasteiger partial charge in [-0.25, -0.2) is 0 Å². The van der Waals surface area contributed by atoms with E-state index in [0.717, 1.165) is 17.3 Å². The maximum absolute atomic E-state index is 11.8. The molecule has 1 aliphatic carbocycles. The zero-order valence-corrected chi connectivity index (χ0v) is 10.7. The summed E-state index contributed by atoms with van der Waals surface area (Å²) < 4.78 is 0.877. The largest absolute Gasteiger partial charge is 0.347 e. The summed E-state index contributed by atoms with van der Waals surface area (Å²) in [5.41, 5.74) is 0.529. The summed E-state index contributed by atoms with van der Waals surface area (Å²) in [6, 6.07) is 5.27. The van der Waals surface area contributed by atoms with Gasteiger partial charge in [0.05, 0.1) is 10.6 Å². The fourth-order valence-electron chi connectivity index (χ4n) is 1.33. The second-order valence-corrected chi connectivity index (χ2v) is 5.46. The van der Waals surface area contributed by atoms with Crippen LogP contribution in [0, 0.1) is 0 Å². The van der Waals surface area contributed by atoms with E-state index in [2.05, 4.69) is 21.2 Å². The lowest BCUT2D eigenvalue weighted by Crippen LogP contribution is -2.34. The number of nitrogens with one attached hydrogen (secondary N) is 1. The summed E-state index contributed by atoms with van der Waals surface area (Å²) in [4.78, 5) is 11.8. The van der Waals surface area contributed by atoms with Crippen LogP contribution < -0.4 is 5.32 Å². The molecule has 0 unspecified atom stereocenters. The molecular weight excluding hydrogens is 277 g/mol. The molecule has 0 radical (unpaired) electrons. The molecule has 0 aliphatic heterocycles. The van der Waals surface area contributed by atoms with Crippen LogP contribution in [-0.2, 0) is 0 Å². The van der Waals surface area contributed by atoms with Crippen molar-refractivity contribution in [1.82, 2.24) is 5.32 Å². The predicted octanol–water partition coefficient (Wildman–Crippen LogP) is 3.38. The molecule has 0 bridgehead atoms. The van der Waals surface area contributed by atoms with Gasteiger partial charge in [0.25, 0.3) is 5.91 Å². The molecule has 1 aromatic carbocycles. The van der Waals surface area contributed by atoms with E-state index in [1.165, 1.54) is 0 Å². The van der Waals surface area contributed by atoms with E-state index in [9.17, 15) is 4.79 Å². The quantitative estimate of drug-likeness (QED) is 0.888. The Labute approximate surface area is 102 Å². The number of carbonyl (C=O) groups excluding carboxylic acids is 1. The number of hydrogen-bond donors (Lipinski definition) is 1. The minimum atomic E-state index is -0.0903. The zero-order valence-electron chi connectivity index (χ0n) is 8.31. The van der Waals surface area contributed by atoms with E-state index in [1.807, 2.05) is 13.0 Å². The molecule has 1 N–H and O–H groups in total. The summed E-state index contributed by atoms with van der Waals surface area (Å²) in [5, 5.41) is 3.45. The van der Waals surface area contributed by atoms with Crippen LogP contribution in [-0.4, -0.2) is 11.4 Å². The molecule has 1 saturated carbocycles. The highest BCUT2D eigenvalue weighted by Crippen LogP contribution is 2.35. The minimum Gasteiger partial charge on any atom is -0.347 e. The van der Waals surface area contributed by atoms with Gasteiger partial charge in [-0.3, -0.25) is 4.79 Å². The maximum Gasteiger partial charge on any atom is 0.253 e. The maximum atomic E-state index is 11.8. The average molecular weight is 289 g/mol. The van der Waals surface area contributed by atoms with E-state index in [1.54, 1.807) is 12.1 Å². The van der Waals surface area contributed by atoms with Crippen molar-refractivity contribution in [3.63, 3.8) is 0 Å². The van der Waals surface area contributed by atoms with Crippen LogP contribution in [0.15, 0.2) is 22.7 Å². The molecule has 2 rings (SSSR count). The zero-order chi connectivity index (χ0) is 11.1. The summed E-state index contributed by atoms with van der Waals surface area (Å²) in [6.07, 6.45) is 2.10. The molecule has 1 aromatic rings. The Balaban J connectivity index is 2.18. The SMILES string of the molecule is CC1(NC(=O)c2ccc(Br)cc2Cl)CC1. The summed E-state index contributed by atoms with van der Waals surface area (Å²) >= 11 is 9.29. The Bertz CT molecular complexity index is 415. The monoisotopic (exact) mass is 287 g/mol. The third-order valence-corrected chi connectivity index (χ3v) is 3.40. The van der Waals surface area contributed by atoms with Crippen LogP contribution in [0.3, 0.4) is 0 Å². The molecule has 0 heterocycles. The van der Waals surface area contributed by atoms with Crippen molar-refractivity contribution in [1.29, 1.82) is 0 Å². The first-order valence-corrected chi connectivity index (χ1v) is 5.95. The molecule has 1 amide bonds. The molecule has 1 fully saturated rings. The first-order chi connectivity index (χ1) is 7.00. The van der Waals surface area contributed by atoms with E-state index in [4.69, 9.17) is 11.6 Å². The number of amides is 1. The van der Waals surface area contributed by atoms with Crippen molar-refractivity contribution in [3.05, 3.63) is 33.3 Å². The number of halogens is 2. The topological polar surface area (TPSA) is 29.1 Å². The molecular formula is C11H11BrClNO. The Morgan fingerprint density at radius 1 is 1.53 bits per heavy atom. The Kier molecular flexibility index (Phi) is 2.77. The van der Waals surface area contributed by atoms with Gasteiger partial charge in [-0.2, -0.15) is 0 Å². The van der Waals surface area contributed by atoms with E-state index in [-0.39, 0.29) is 11.4 Å². The van der Waals surface area contributed by atoms with Crippen LogP contribution >= 0.6 is 27.5 Å². The van der Waals surface area contributed by atoms with Gasteiger partial charge in [-0.05, 0) is 38.0 Å². The van der Waals surface area contributed by atoms with Crippen LogP contribution in [0.2, 0.25) is 5.02 Å². The van der Waals surface area contributed by atoms with E-state index >= 15 is 0 Å². The number of hydrogen-bond acceptors (Lipinski definition) is 1. The summed E-state index contributed by atoms with van der Waals surface area (Å²) in [6.45, 7) is 2.04. The molecule has 0 atom stereocenters. The highest BCUT2D eigenvalue weighted by molar-refractivity contribution is 9.10. The van der Waals surface area contributed by atoms with Gasteiger partial charge in [0.15, 0.2) is 0 Å². The van der Waals surface area contributed by atoms with Crippen molar-refractivity contribution in [3.8, 4) is 0 Å². The molecule has 1 aliphatic rings. The highest BCUT2D eigenvalue weighted by atomic mass is 79.9. The van der Waals surface area contributed by atoms with Crippen molar-refractivity contribution in [2.45, 2.75) is 25.3 Å². The highest BCUT2D eigenvalue weighted by Gasteiger charge is 2.39.